The number of urea groups is 1. The number of carbonyl (C=O) groups excluding carboxylic acids is 2. The van der Waals surface area contributed by atoms with Gasteiger partial charge in [-0.2, -0.15) is 0 Å². The van der Waals surface area contributed by atoms with Gasteiger partial charge in [-0.3, -0.25) is 10.1 Å². The maximum atomic E-state index is 12.2. The van der Waals surface area contributed by atoms with Gasteiger partial charge in [-0.1, -0.05) is 35.1 Å². The Bertz CT molecular complexity index is 940. The van der Waals surface area contributed by atoms with Crippen molar-refractivity contribution in [2.45, 2.75) is 12.5 Å². The number of aromatic nitrogens is 1. The summed E-state index contributed by atoms with van der Waals surface area (Å²) in [7, 11) is 0. The van der Waals surface area contributed by atoms with Gasteiger partial charge in [0.05, 0.1) is 16.3 Å². The Balaban J connectivity index is 1.38. The average Bonchev–Trinajstić information content (AvgIpc) is 3.18. The standard InChI is InChI=1S/C18H15ClN4O2S/c19-11-5-7-13(8-6-11)23-10-12(9-16(23)24)20-17(25)22-18-21-14-3-1-2-4-15(14)26-18/h1-8,12H,9-10H2,(H2,20,21,22,25)/t12-/m1/s1. The Labute approximate surface area is 158 Å². The molecular weight excluding hydrogens is 372 g/mol. The molecule has 2 N–H and O–H groups in total. The number of hydrogen-bond acceptors (Lipinski definition) is 4. The maximum Gasteiger partial charge on any atom is 0.321 e. The second kappa shape index (κ2) is 6.93. The van der Waals surface area contributed by atoms with Gasteiger partial charge in [-0.05, 0) is 36.4 Å². The number of benzene rings is 2. The number of fused-ring (bicyclic) bond motifs is 1. The molecule has 3 amide bonds. The van der Waals surface area contributed by atoms with Crippen LogP contribution in [0.15, 0.2) is 48.5 Å². The van der Waals surface area contributed by atoms with E-state index in [0.29, 0.717) is 16.7 Å². The van der Waals surface area contributed by atoms with Crippen LogP contribution >= 0.6 is 22.9 Å². The summed E-state index contributed by atoms with van der Waals surface area (Å²) < 4.78 is 1.01. The first-order valence-electron chi connectivity index (χ1n) is 8.07. The smallest absolute Gasteiger partial charge is 0.321 e. The first-order chi connectivity index (χ1) is 12.6. The van der Waals surface area contributed by atoms with Gasteiger partial charge < -0.3 is 10.2 Å². The van der Waals surface area contributed by atoms with Crippen molar-refractivity contribution in [2.75, 3.05) is 16.8 Å². The van der Waals surface area contributed by atoms with Crippen LogP contribution in [-0.2, 0) is 4.79 Å². The molecule has 132 valence electrons. The number of para-hydroxylation sites is 1. The fraction of sp³-hybridized carbons (Fsp3) is 0.167. The minimum atomic E-state index is -0.361. The van der Waals surface area contributed by atoms with Crippen LogP contribution in [0.3, 0.4) is 0 Å². The van der Waals surface area contributed by atoms with Crippen LogP contribution < -0.4 is 15.5 Å². The van der Waals surface area contributed by atoms with Gasteiger partial charge in [0.2, 0.25) is 5.91 Å². The fourth-order valence-electron chi connectivity index (χ4n) is 2.92. The molecule has 0 radical (unpaired) electrons. The van der Waals surface area contributed by atoms with Crippen molar-refractivity contribution in [3.63, 3.8) is 0 Å². The van der Waals surface area contributed by atoms with E-state index >= 15 is 0 Å². The zero-order chi connectivity index (χ0) is 18.1. The third-order valence-electron chi connectivity index (χ3n) is 4.11. The van der Waals surface area contributed by atoms with Crippen molar-refractivity contribution in [3.8, 4) is 0 Å². The van der Waals surface area contributed by atoms with Crippen molar-refractivity contribution in [3.05, 3.63) is 53.6 Å². The van der Waals surface area contributed by atoms with Crippen LogP contribution in [0.5, 0.6) is 0 Å². The molecule has 4 rings (SSSR count). The molecule has 26 heavy (non-hydrogen) atoms. The number of thiazole rings is 1. The van der Waals surface area contributed by atoms with E-state index in [4.69, 9.17) is 11.6 Å². The lowest BCUT2D eigenvalue weighted by Crippen LogP contribution is -2.39. The topological polar surface area (TPSA) is 74.3 Å². The molecule has 0 unspecified atom stereocenters. The number of nitrogens with one attached hydrogen (secondary N) is 2. The summed E-state index contributed by atoms with van der Waals surface area (Å²) in [5.74, 6) is -0.0300. The molecule has 1 aliphatic heterocycles. The Morgan fingerprint density at radius 1 is 1.19 bits per heavy atom. The summed E-state index contributed by atoms with van der Waals surface area (Å²) in [5.41, 5.74) is 1.62. The highest BCUT2D eigenvalue weighted by molar-refractivity contribution is 7.22. The third kappa shape index (κ3) is 3.49. The normalized spacial score (nSPS) is 16.9. The zero-order valence-electron chi connectivity index (χ0n) is 13.6. The van der Waals surface area contributed by atoms with E-state index in [9.17, 15) is 9.59 Å². The molecule has 2 heterocycles. The number of nitrogens with zero attached hydrogens (tertiary/aromatic N) is 2. The molecule has 1 saturated heterocycles. The molecule has 1 aliphatic rings. The number of anilines is 2. The fourth-order valence-corrected chi connectivity index (χ4v) is 3.91. The highest BCUT2D eigenvalue weighted by Crippen LogP contribution is 2.26. The lowest BCUT2D eigenvalue weighted by molar-refractivity contribution is -0.117. The molecule has 0 saturated carbocycles. The molecule has 2 aromatic carbocycles. The predicted molar refractivity (Wildman–Crippen MR) is 104 cm³/mol. The summed E-state index contributed by atoms with van der Waals surface area (Å²) in [6.45, 7) is 0.424. The summed E-state index contributed by atoms with van der Waals surface area (Å²) >= 11 is 7.29. The van der Waals surface area contributed by atoms with Gasteiger partial charge in [0.15, 0.2) is 5.13 Å². The molecule has 1 aromatic heterocycles. The molecule has 6 nitrogen and oxygen atoms in total. The number of rotatable bonds is 3. The minimum absolute atomic E-state index is 0.0300. The SMILES string of the molecule is O=C(Nc1nc2ccccc2s1)N[C@@H]1CC(=O)N(c2ccc(Cl)cc2)C1. The highest BCUT2D eigenvalue weighted by atomic mass is 35.5. The van der Waals surface area contributed by atoms with E-state index in [1.807, 2.05) is 24.3 Å². The first kappa shape index (κ1) is 16.8. The Morgan fingerprint density at radius 2 is 1.96 bits per heavy atom. The molecular formula is C18H15ClN4O2S. The van der Waals surface area contributed by atoms with E-state index < -0.39 is 0 Å². The third-order valence-corrected chi connectivity index (χ3v) is 5.32. The largest absolute Gasteiger partial charge is 0.333 e. The molecule has 3 aromatic rings. The van der Waals surface area contributed by atoms with Crippen molar-refractivity contribution in [2.24, 2.45) is 0 Å². The second-order valence-electron chi connectivity index (χ2n) is 5.97. The Hall–Kier alpha value is -2.64. The molecule has 8 heteroatoms. The highest BCUT2D eigenvalue weighted by Gasteiger charge is 2.31. The van der Waals surface area contributed by atoms with E-state index in [1.54, 1.807) is 29.2 Å². The summed E-state index contributed by atoms with van der Waals surface area (Å²) in [4.78, 5) is 30.5. The quantitative estimate of drug-likeness (QED) is 0.717. The molecule has 0 spiro atoms. The van der Waals surface area contributed by atoms with Gasteiger partial charge in [-0.15, -0.1) is 0 Å². The van der Waals surface area contributed by atoms with E-state index in [0.717, 1.165) is 15.9 Å². The van der Waals surface area contributed by atoms with Gasteiger partial charge in [-0.25, -0.2) is 9.78 Å². The molecule has 0 bridgehead atoms. The van der Waals surface area contributed by atoms with Crippen LogP contribution in [0.1, 0.15) is 6.42 Å². The predicted octanol–water partition coefficient (Wildman–Crippen LogP) is 3.88. The Kier molecular flexibility index (Phi) is 4.48. The van der Waals surface area contributed by atoms with Crippen LogP contribution in [0.25, 0.3) is 10.2 Å². The maximum absolute atomic E-state index is 12.2. The van der Waals surface area contributed by atoms with Gasteiger partial charge in [0, 0.05) is 23.7 Å². The van der Waals surface area contributed by atoms with E-state index in [2.05, 4.69) is 15.6 Å². The monoisotopic (exact) mass is 386 g/mol. The van der Waals surface area contributed by atoms with Crippen molar-refractivity contribution in [1.29, 1.82) is 0 Å². The second-order valence-corrected chi connectivity index (χ2v) is 7.43. The lowest BCUT2D eigenvalue weighted by atomic mass is 10.2. The summed E-state index contributed by atoms with van der Waals surface area (Å²) in [6, 6.07) is 14.1. The van der Waals surface area contributed by atoms with Gasteiger partial charge in [0.1, 0.15) is 0 Å². The minimum Gasteiger partial charge on any atom is -0.333 e. The van der Waals surface area contributed by atoms with E-state index in [-0.39, 0.29) is 24.4 Å². The lowest BCUT2D eigenvalue weighted by Gasteiger charge is -2.17. The van der Waals surface area contributed by atoms with Crippen LogP contribution in [0, 0.1) is 0 Å². The van der Waals surface area contributed by atoms with Gasteiger partial charge in [0.25, 0.3) is 0 Å². The van der Waals surface area contributed by atoms with Crippen molar-refractivity contribution < 1.29 is 9.59 Å². The van der Waals surface area contributed by atoms with E-state index in [1.165, 1.54) is 11.3 Å². The molecule has 1 fully saturated rings. The van der Waals surface area contributed by atoms with Crippen LogP contribution in [0.4, 0.5) is 15.6 Å². The zero-order valence-corrected chi connectivity index (χ0v) is 15.2. The molecule has 0 aliphatic carbocycles. The summed E-state index contributed by atoms with van der Waals surface area (Å²) in [6.07, 6.45) is 0.260. The first-order valence-corrected chi connectivity index (χ1v) is 9.27. The number of hydrogen-bond donors (Lipinski definition) is 2. The van der Waals surface area contributed by atoms with Crippen molar-refractivity contribution >= 4 is 55.9 Å². The number of amides is 3. The summed E-state index contributed by atoms with van der Waals surface area (Å²) in [5, 5.41) is 6.73. The van der Waals surface area contributed by atoms with Crippen LogP contribution in [0.2, 0.25) is 5.02 Å². The van der Waals surface area contributed by atoms with Crippen molar-refractivity contribution in [1.82, 2.24) is 10.3 Å². The average molecular weight is 387 g/mol. The number of halogens is 1. The Morgan fingerprint density at radius 3 is 2.73 bits per heavy atom. The van der Waals surface area contributed by atoms with Gasteiger partial charge >= 0.3 is 6.03 Å². The molecule has 1 atom stereocenters. The van der Waals surface area contributed by atoms with Crippen LogP contribution in [-0.4, -0.2) is 29.5 Å². The number of carbonyl (C=O) groups is 2.